The number of aryl methyl sites for hydroxylation is 1. The first kappa shape index (κ1) is 21.2. The minimum atomic E-state index is -1.24. The fourth-order valence-electron chi connectivity index (χ4n) is 3.41. The molecule has 2 heterocycles. The molecule has 9 nitrogen and oxygen atoms in total. The molecule has 1 aromatic heterocycles. The lowest BCUT2D eigenvalue weighted by Crippen LogP contribution is -2.60. The Bertz CT molecular complexity index is 878. The van der Waals surface area contributed by atoms with Gasteiger partial charge in [0.25, 0.3) is 0 Å². The third-order valence-electron chi connectivity index (χ3n) is 5.63. The number of carbonyl (C=O) groups is 1. The second-order valence-electron chi connectivity index (χ2n) is 7.98. The number of hydrogen-bond acceptors (Lipinski definition) is 8. The van der Waals surface area contributed by atoms with Gasteiger partial charge in [0.15, 0.2) is 5.82 Å². The summed E-state index contributed by atoms with van der Waals surface area (Å²) in [5.41, 5.74) is 5.82. The normalized spacial score (nSPS) is 22.6. The molecule has 2 atom stereocenters. The van der Waals surface area contributed by atoms with E-state index in [4.69, 9.17) is 15.2 Å². The van der Waals surface area contributed by atoms with E-state index < -0.39 is 17.2 Å². The average molecular weight is 403 g/mol. The van der Waals surface area contributed by atoms with Crippen LogP contribution in [0.5, 0.6) is 5.75 Å². The molecule has 29 heavy (non-hydrogen) atoms. The van der Waals surface area contributed by atoms with Crippen LogP contribution < -0.4 is 10.5 Å². The van der Waals surface area contributed by atoms with Crippen molar-refractivity contribution in [2.45, 2.75) is 70.7 Å². The van der Waals surface area contributed by atoms with Crippen LogP contribution in [-0.4, -0.2) is 49.1 Å². The number of unbranched alkanes of at least 4 members (excludes halogenated alkanes) is 1. The molecule has 9 heteroatoms. The number of nitrogens with zero attached hydrogens (tertiary/aromatic N) is 4. The molecule has 0 unspecified atom stereocenters. The summed E-state index contributed by atoms with van der Waals surface area (Å²) in [5.74, 6) is 1.05. The zero-order valence-corrected chi connectivity index (χ0v) is 17.4. The van der Waals surface area contributed by atoms with Crippen molar-refractivity contribution in [1.29, 1.82) is 0 Å². The molecular formula is C20H29N5O4. The second kappa shape index (κ2) is 8.08. The number of esters is 1. The number of aliphatic hydroxyl groups is 1. The van der Waals surface area contributed by atoms with Crippen LogP contribution in [-0.2, 0) is 16.1 Å². The summed E-state index contributed by atoms with van der Waals surface area (Å²) < 4.78 is 12.6. The molecule has 0 bridgehead atoms. The van der Waals surface area contributed by atoms with Crippen molar-refractivity contribution < 1.29 is 19.4 Å². The summed E-state index contributed by atoms with van der Waals surface area (Å²) in [5, 5.41) is 22.9. The van der Waals surface area contributed by atoms with Gasteiger partial charge in [0.2, 0.25) is 0 Å². The number of ether oxygens (including phenoxy) is 2. The first-order valence-electron chi connectivity index (χ1n) is 9.90. The van der Waals surface area contributed by atoms with Crippen molar-refractivity contribution in [3.8, 4) is 17.1 Å². The lowest BCUT2D eigenvalue weighted by Gasteiger charge is -2.48. The van der Waals surface area contributed by atoms with Gasteiger partial charge in [-0.1, -0.05) is 0 Å². The Kier molecular flexibility index (Phi) is 5.90. The zero-order valence-electron chi connectivity index (χ0n) is 17.4. The maximum Gasteiger partial charge on any atom is 0.305 e. The van der Waals surface area contributed by atoms with Crippen LogP contribution in [0.4, 0.5) is 0 Å². The Labute approximate surface area is 170 Å². The van der Waals surface area contributed by atoms with Crippen molar-refractivity contribution in [3.05, 3.63) is 23.8 Å². The molecule has 1 aromatic carbocycles. The highest BCUT2D eigenvalue weighted by molar-refractivity contribution is 5.69. The van der Waals surface area contributed by atoms with E-state index in [2.05, 4.69) is 15.5 Å². The summed E-state index contributed by atoms with van der Waals surface area (Å²) >= 11 is 0. The fraction of sp³-hybridized carbons (Fsp3) is 0.600. The first-order chi connectivity index (χ1) is 13.7. The summed E-state index contributed by atoms with van der Waals surface area (Å²) in [4.78, 5) is 11.4. The molecule has 0 saturated heterocycles. The minimum absolute atomic E-state index is 0.192. The van der Waals surface area contributed by atoms with Gasteiger partial charge >= 0.3 is 5.97 Å². The Balaban J connectivity index is 1.76. The number of benzene rings is 1. The number of aromatic nitrogens is 4. The Morgan fingerprint density at radius 3 is 2.83 bits per heavy atom. The molecule has 0 radical (unpaired) electrons. The van der Waals surface area contributed by atoms with Gasteiger partial charge in [-0.25, -0.2) is 4.68 Å². The molecule has 3 N–H and O–H groups in total. The standard InChI is InChI=1S/C20H29N5O4/c1-5-28-16(26)8-6-7-11-25-18(22-23-24-25)13-9-10-15-14(12-13)17(21)20(4,27)19(2,3)29-15/h9-10,12,17,27H,5-8,11,21H2,1-4H3/t17-,20+/m1/s1. The molecule has 0 aliphatic carbocycles. The van der Waals surface area contributed by atoms with E-state index in [0.29, 0.717) is 43.1 Å². The van der Waals surface area contributed by atoms with E-state index in [9.17, 15) is 9.90 Å². The summed E-state index contributed by atoms with van der Waals surface area (Å²) in [6, 6.07) is 4.96. The monoisotopic (exact) mass is 403 g/mol. The molecule has 3 rings (SSSR count). The van der Waals surface area contributed by atoms with Crippen molar-refractivity contribution >= 4 is 5.97 Å². The van der Waals surface area contributed by atoms with Crippen molar-refractivity contribution in [2.24, 2.45) is 5.73 Å². The maximum atomic E-state index is 11.4. The Hall–Kier alpha value is -2.52. The number of nitrogens with two attached hydrogens (primary N) is 1. The van der Waals surface area contributed by atoms with Gasteiger partial charge in [-0.3, -0.25) is 4.79 Å². The number of carbonyl (C=O) groups excluding carboxylic acids is 1. The summed E-state index contributed by atoms with van der Waals surface area (Å²) in [7, 11) is 0. The lowest BCUT2D eigenvalue weighted by molar-refractivity contribution is -0.143. The molecule has 0 fully saturated rings. The lowest BCUT2D eigenvalue weighted by atomic mass is 9.76. The highest BCUT2D eigenvalue weighted by atomic mass is 16.5. The third-order valence-corrected chi connectivity index (χ3v) is 5.63. The van der Waals surface area contributed by atoms with E-state index in [-0.39, 0.29) is 5.97 Å². The van der Waals surface area contributed by atoms with Gasteiger partial charge in [0.05, 0.1) is 12.6 Å². The molecule has 2 aromatic rings. The van der Waals surface area contributed by atoms with Gasteiger partial charge < -0.3 is 20.3 Å². The largest absolute Gasteiger partial charge is 0.484 e. The molecule has 158 valence electrons. The summed E-state index contributed by atoms with van der Waals surface area (Å²) in [6.07, 6.45) is 1.81. The zero-order chi connectivity index (χ0) is 21.2. The van der Waals surface area contributed by atoms with Crippen LogP contribution in [0.1, 0.15) is 58.6 Å². The third kappa shape index (κ3) is 4.11. The number of fused-ring (bicyclic) bond motifs is 1. The molecule has 1 aliphatic rings. The highest BCUT2D eigenvalue weighted by Gasteiger charge is 2.51. The minimum Gasteiger partial charge on any atom is -0.484 e. The predicted molar refractivity (Wildman–Crippen MR) is 106 cm³/mol. The van der Waals surface area contributed by atoms with Gasteiger partial charge in [-0.2, -0.15) is 0 Å². The van der Waals surface area contributed by atoms with Crippen LogP contribution in [0.3, 0.4) is 0 Å². The van der Waals surface area contributed by atoms with Crippen molar-refractivity contribution in [3.63, 3.8) is 0 Å². The maximum absolute atomic E-state index is 11.4. The van der Waals surface area contributed by atoms with E-state index in [0.717, 1.165) is 12.0 Å². The number of tetrazole rings is 1. The highest BCUT2D eigenvalue weighted by Crippen LogP contribution is 2.45. The molecular weight excluding hydrogens is 374 g/mol. The topological polar surface area (TPSA) is 125 Å². The SMILES string of the molecule is CCOC(=O)CCCCn1nnnc1-c1ccc2c(c1)[C@@H](N)[C@](C)(O)C(C)(C)O2. The van der Waals surface area contributed by atoms with Gasteiger partial charge in [0.1, 0.15) is 17.0 Å². The molecule has 0 amide bonds. The van der Waals surface area contributed by atoms with Crippen LogP contribution in [0, 0.1) is 0 Å². The average Bonchev–Trinajstić information content (AvgIpc) is 3.12. The molecule has 1 aliphatic heterocycles. The summed E-state index contributed by atoms with van der Waals surface area (Å²) in [6.45, 7) is 8.08. The van der Waals surface area contributed by atoms with E-state index >= 15 is 0 Å². The van der Waals surface area contributed by atoms with Crippen molar-refractivity contribution in [2.75, 3.05) is 6.61 Å². The fourth-order valence-corrected chi connectivity index (χ4v) is 3.41. The van der Waals surface area contributed by atoms with Gasteiger partial charge in [0, 0.05) is 24.1 Å². The van der Waals surface area contributed by atoms with Gasteiger partial charge in [-0.05, 0) is 69.2 Å². The van der Waals surface area contributed by atoms with Crippen LogP contribution in [0.25, 0.3) is 11.4 Å². The quantitative estimate of drug-likeness (QED) is 0.531. The van der Waals surface area contributed by atoms with Crippen molar-refractivity contribution in [1.82, 2.24) is 20.2 Å². The van der Waals surface area contributed by atoms with E-state index in [1.807, 2.05) is 32.0 Å². The smallest absolute Gasteiger partial charge is 0.305 e. The molecule has 0 spiro atoms. The second-order valence-corrected chi connectivity index (χ2v) is 7.98. The molecule has 0 saturated carbocycles. The number of rotatable bonds is 7. The Morgan fingerprint density at radius 1 is 1.34 bits per heavy atom. The van der Waals surface area contributed by atoms with E-state index in [1.165, 1.54) is 0 Å². The van der Waals surface area contributed by atoms with Crippen LogP contribution >= 0.6 is 0 Å². The predicted octanol–water partition coefficient (Wildman–Crippen LogP) is 2.00. The Morgan fingerprint density at radius 2 is 2.10 bits per heavy atom. The number of hydrogen-bond donors (Lipinski definition) is 2. The van der Waals surface area contributed by atoms with Crippen LogP contribution in [0.15, 0.2) is 18.2 Å². The van der Waals surface area contributed by atoms with E-state index in [1.54, 1.807) is 18.5 Å². The van der Waals surface area contributed by atoms with Gasteiger partial charge in [-0.15, -0.1) is 5.10 Å². The first-order valence-corrected chi connectivity index (χ1v) is 9.90. The van der Waals surface area contributed by atoms with Crippen LogP contribution in [0.2, 0.25) is 0 Å².